The molecule has 0 spiro atoms. The van der Waals surface area contributed by atoms with Gasteiger partial charge in [0.25, 0.3) is 5.91 Å². The van der Waals surface area contributed by atoms with Crippen molar-refractivity contribution in [1.82, 2.24) is 5.32 Å². The van der Waals surface area contributed by atoms with E-state index in [0.29, 0.717) is 36.0 Å². The number of hydrogen-bond acceptors (Lipinski definition) is 4. The van der Waals surface area contributed by atoms with Crippen molar-refractivity contribution in [1.29, 1.82) is 0 Å². The number of ether oxygens (including phenoxy) is 2. The Kier molecular flexibility index (Phi) is 5.23. The summed E-state index contributed by atoms with van der Waals surface area (Å²) in [5.74, 6) is 0.988. The van der Waals surface area contributed by atoms with Gasteiger partial charge < -0.3 is 20.1 Å². The van der Waals surface area contributed by atoms with E-state index in [0.717, 1.165) is 10.0 Å². The standard InChI is InChI=1S/C18H17BrN2O4/c1-20-18(23)11-2-4-13(5-3-11)21-17(22)9-12-8-15-16(10-14(12)19)25-7-6-24-15/h2-5,8,10H,6-7,9H2,1H3,(H,20,23)(H,21,22). The van der Waals surface area contributed by atoms with Crippen LogP contribution < -0.4 is 20.1 Å². The maximum atomic E-state index is 12.3. The van der Waals surface area contributed by atoms with Crippen molar-refractivity contribution in [3.05, 3.63) is 52.0 Å². The van der Waals surface area contributed by atoms with Crippen molar-refractivity contribution in [2.45, 2.75) is 6.42 Å². The Labute approximate surface area is 153 Å². The molecular formula is C18H17BrN2O4. The van der Waals surface area contributed by atoms with Crippen LogP contribution in [0.4, 0.5) is 5.69 Å². The van der Waals surface area contributed by atoms with Gasteiger partial charge in [-0.2, -0.15) is 0 Å². The van der Waals surface area contributed by atoms with Crippen LogP contribution in [0.25, 0.3) is 0 Å². The third-order valence-corrected chi connectivity index (χ3v) is 4.46. The average Bonchev–Trinajstić information content (AvgIpc) is 2.62. The molecule has 3 rings (SSSR count). The van der Waals surface area contributed by atoms with Crippen LogP contribution in [-0.2, 0) is 11.2 Å². The van der Waals surface area contributed by atoms with E-state index in [9.17, 15) is 9.59 Å². The lowest BCUT2D eigenvalue weighted by Gasteiger charge is -2.19. The zero-order chi connectivity index (χ0) is 17.8. The molecule has 2 amide bonds. The number of hydrogen-bond donors (Lipinski definition) is 2. The molecule has 1 heterocycles. The lowest BCUT2D eigenvalue weighted by atomic mass is 10.1. The van der Waals surface area contributed by atoms with Crippen molar-refractivity contribution in [3.63, 3.8) is 0 Å². The predicted molar refractivity (Wildman–Crippen MR) is 97.3 cm³/mol. The number of amides is 2. The molecule has 0 atom stereocenters. The molecule has 0 radical (unpaired) electrons. The third kappa shape index (κ3) is 4.11. The van der Waals surface area contributed by atoms with Gasteiger partial charge in [0.05, 0.1) is 6.42 Å². The molecule has 6 nitrogen and oxygen atoms in total. The normalized spacial score (nSPS) is 12.4. The summed E-state index contributed by atoms with van der Waals surface area (Å²) in [5, 5.41) is 5.37. The summed E-state index contributed by atoms with van der Waals surface area (Å²) in [6, 6.07) is 10.3. The first kappa shape index (κ1) is 17.3. The van der Waals surface area contributed by atoms with Gasteiger partial charge in [-0.1, -0.05) is 15.9 Å². The molecule has 1 aliphatic rings. The van der Waals surface area contributed by atoms with E-state index in [-0.39, 0.29) is 18.2 Å². The maximum Gasteiger partial charge on any atom is 0.251 e. The van der Waals surface area contributed by atoms with Crippen molar-refractivity contribution < 1.29 is 19.1 Å². The highest BCUT2D eigenvalue weighted by Crippen LogP contribution is 2.35. The Balaban J connectivity index is 1.67. The summed E-state index contributed by atoms with van der Waals surface area (Å²) < 4.78 is 11.9. The van der Waals surface area contributed by atoms with Crippen molar-refractivity contribution in [2.24, 2.45) is 0 Å². The number of benzene rings is 2. The average molecular weight is 405 g/mol. The van der Waals surface area contributed by atoms with Gasteiger partial charge in [0.2, 0.25) is 5.91 Å². The second-order valence-corrected chi connectivity index (χ2v) is 6.32. The van der Waals surface area contributed by atoms with Gasteiger partial charge in [-0.3, -0.25) is 9.59 Å². The molecule has 1 aliphatic heterocycles. The minimum atomic E-state index is -0.168. The van der Waals surface area contributed by atoms with E-state index >= 15 is 0 Å². The Morgan fingerprint density at radius 3 is 2.36 bits per heavy atom. The van der Waals surface area contributed by atoms with Crippen molar-refractivity contribution in [3.8, 4) is 11.5 Å². The molecule has 0 saturated carbocycles. The van der Waals surface area contributed by atoms with Gasteiger partial charge >= 0.3 is 0 Å². The summed E-state index contributed by atoms with van der Waals surface area (Å²) in [4.78, 5) is 23.8. The maximum absolute atomic E-state index is 12.3. The monoisotopic (exact) mass is 404 g/mol. The Morgan fingerprint density at radius 2 is 1.72 bits per heavy atom. The molecule has 0 aromatic heterocycles. The van der Waals surface area contributed by atoms with E-state index in [2.05, 4.69) is 26.6 Å². The fourth-order valence-electron chi connectivity index (χ4n) is 2.47. The van der Waals surface area contributed by atoms with Crippen LogP contribution in [-0.4, -0.2) is 32.1 Å². The van der Waals surface area contributed by atoms with Gasteiger partial charge in [0.1, 0.15) is 13.2 Å². The molecule has 0 aliphatic carbocycles. The zero-order valence-corrected chi connectivity index (χ0v) is 15.2. The van der Waals surface area contributed by atoms with Crippen LogP contribution in [0.1, 0.15) is 15.9 Å². The van der Waals surface area contributed by atoms with Crippen LogP contribution in [0.15, 0.2) is 40.9 Å². The van der Waals surface area contributed by atoms with E-state index in [1.807, 2.05) is 12.1 Å². The van der Waals surface area contributed by atoms with Gasteiger partial charge in [0, 0.05) is 22.8 Å². The minimum absolute atomic E-state index is 0.162. The van der Waals surface area contributed by atoms with Gasteiger partial charge in [-0.05, 0) is 42.0 Å². The first-order chi connectivity index (χ1) is 12.1. The molecule has 2 N–H and O–H groups in total. The van der Waals surface area contributed by atoms with Gasteiger partial charge in [-0.25, -0.2) is 0 Å². The van der Waals surface area contributed by atoms with Crippen molar-refractivity contribution in [2.75, 3.05) is 25.6 Å². The molecule has 2 aromatic rings. The molecular weight excluding hydrogens is 388 g/mol. The molecule has 0 saturated heterocycles. The number of fused-ring (bicyclic) bond motifs is 1. The fourth-order valence-corrected chi connectivity index (χ4v) is 2.93. The number of halogens is 1. The van der Waals surface area contributed by atoms with Crippen LogP contribution in [0.2, 0.25) is 0 Å². The lowest BCUT2D eigenvalue weighted by molar-refractivity contribution is -0.115. The topological polar surface area (TPSA) is 76.7 Å². The van der Waals surface area contributed by atoms with Gasteiger partial charge in [-0.15, -0.1) is 0 Å². The van der Waals surface area contributed by atoms with E-state index in [1.165, 1.54) is 0 Å². The van der Waals surface area contributed by atoms with Crippen LogP contribution in [0.5, 0.6) is 11.5 Å². The summed E-state index contributed by atoms with van der Waals surface area (Å²) in [6.07, 6.45) is 0.189. The number of rotatable bonds is 4. The SMILES string of the molecule is CNC(=O)c1ccc(NC(=O)Cc2cc3c(cc2Br)OCCO3)cc1. The lowest BCUT2D eigenvalue weighted by Crippen LogP contribution is -2.18. The smallest absolute Gasteiger partial charge is 0.251 e. The second-order valence-electron chi connectivity index (χ2n) is 5.47. The zero-order valence-electron chi connectivity index (χ0n) is 13.6. The first-order valence-electron chi connectivity index (χ1n) is 7.77. The molecule has 0 bridgehead atoms. The minimum Gasteiger partial charge on any atom is -0.486 e. The molecule has 25 heavy (non-hydrogen) atoms. The largest absolute Gasteiger partial charge is 0.486 e. The quantitative estimate of drug-likeness (QED) is 0.821. The van der Waals surface area contributed by atoms with E-state index in [4.69, 9.17) is 9.47 Å². The Morgan fingerprint density at radius 1 is 1.08 bits per heavy atom. The molecule has 2 aromatic carbocycles. The van der Waals surface area contributed by atoms with E-state index in [1.54, 1.807) is 31.3 Å². The number of carbonyl (C=O) groups excluding carboxylic acids is 2. The number of nitrogens with one attached hydrogen (secondary N) is 2. The molecule has 0 fully saturated rings. The Bertz CT molecular complexity index is 805. The summed E-state index contributed by atoms with van der Waals surface area (Å²) in [6.45, 7) is 1.02. The number of anilines is 1. The fraction of sp³-hybridized carbons (Fsp3) is 0.222. The Hall–Kier alpha value is -2.54. The van der Waals surface area contributed by atoms with Gasteiger partial charge in [0.15, 0.2) is 11.5 Å². The van der Waals surface area contributed by atoms with Crippen LogP contribution >= 0.6 is 15.9 Å². The molecule has 0 unspecified atom stereocenters. The first-order valence-corrected chi connectivity index (χ1v) is 8.56. The van der Waals surface area contributed by atoms with Crippen LogP contribution in [0, 0.1) is 0 Å². The predicted octanol–water partition coefficient (Wildman–Crippen LogP) is 2.76. The second kappa shape index (κ2) is 7.57. The summed E-state index contributed by atoms with van der Waals surface area (Å²) in [7, 11) is 1.57. The van der Waals surface area contributed by atoms with Crippen LogP contribution in [0.3, 0.4) is 0 Å². The molecule has 130 valence electrons. The highest BCUT2D eigenvalue weighted by molar-refractivity contribution is 9.10. The number of carbonyl (C=O) groups is 2. The van der Waals surface area contributed by atoms with E-state index < -0.39 is 0 Å². The van der Waals surface area contributed by atoms with Crippen molar-refractivity contribution >= 4 is 33.4 Å². The summed E-state index contributed by atoms with van der Waals surface area (Å²) >= 11 is 3.46. The summed E-state index contributed by atoms with van der Waals surface area (Å²) in [5.41, 5.74) is 1.98. The third-order valence-electron chi connectivity index (χ3n) is 3.72. The highest BCUT2D eigenvalue weighted by atomic mass is 79.9. The highest BCUT2D eigenvalue weighted by Gasteiger charge is 2.16. The molecule has 7 heteroatoms.